The molecule has 1 aromatic carbocycles. The van der Waals surface area contributed by atoms with Crippen molar-refractivity contribution in [3.8, 4) is 0 Å². The Bertz CT molecular complexity index is 1320. The van der Waals surface area contributed by atoms with Gasteiger partial charge < -0.3 is 34.1 Å². The Morgan fingerprint density at radius 3 is 2.36 bits per heavy atom. The van der Waals surface area contributed by atoms with Crippen molar-refractivity contribution in [1.82, 2.24) is 5.32 Å². The number of aliphatic hydroxyl groups excluding tert-OH is 1. The topological polar surface area (TPSA) is 147 Å². The number of carbonyl (C=O) groups excluding carboxylic acids is 4. The summed E-state index contributed by atoms with van der Waals surface area (Å²) in [5.74, 6) is -3.21. The van der Waals surface area contributed by atoms with E-state index in [1.54, 1.807) is 44.2 Å². The first kappa shape index (κ1) is 36.3. The summed E-state index contributed by atoms with van der Waals surface area (Å²) in [6.07, 6.45) is 8.74. The Hall–Kier alpha value is -3.54. The van der Waals surface area contributed by atoms with E-state index in [2.05, 4.69) is 19.2 Å². The number of hydrogen-bond acceptors (Lipinski definition) is 10. The predicted octanol–water partition coefficient (Wildman–Crippen LogP) is 4.80. The fourth-order valence-corrected chi connectivity index (χ4v) is 6.16. The average Bonchev–Trinajstić information content (AvgIpc) is 3.55. The van der Waals surface area contributed by atoms with Crippen LogP contribution in [-0.2, 0) is 38.1 Å². The summed E-state index contributed by atoms with van der Waals surface area (Å²) >= 11 is 0. The number of fused-ring (bicyclic) bond motifs is 1. The van der Waals surface area contributed by atoms with Crippen LogP contribution in [0, 0.1) is 5.41 Å². The van der Waals surface area contributed by atoms with E-state index in [4.69, 9.17) is 23.7 Å². The molecule has 0 saturated carbocycles. The molecule has 1 amide bonds. The van der Waals surface area contributed by atoms with Crippen LogP contribution in [0.4, 0.5) is 0 Å². The number of cyclic esters (lactones) is 1. The van der Waals surface area contributed by atoms with E-state index in [9.17, 15) is 24.3 Å². The molecule has 258 valence electrons. The highest BCUT2D eigenvalue weighted by atomic mass is 16.8. The van der Waals surface area contributed by atoms with Crippen molar-refractivity contribution >= 4 is 29.9 Å². The molecule has 0 unspecified atom stereocenters. The maximum absolute atomic E-state index is 13.7. The Balaban J connectivity index is 1.54. The number of amides is 1. The van der Waals surface area contributed by atoms with Crippen LogP contribution in [0.15, 0.2) is 42.0 Å². The van der Waals surface area contributed by atoms with Crippen LogP contribution < -0.4 is 5.32 Å². The van der Waals surface area contributed by atoms with E-state index >= 15 is 0 Å². The highest BCUT2D eigenvalue weighted by Crippen LogP contribution is 2.43. The van der Waals surface area contributed by atoms with E-state index in [-0.39, 0.29) is 37.6 Å². The molecule has 2 heterocycles. The summed E-state index contributed by atoms with van der Waals surface area (Å²) in [6, 6.07) is 6.65. The second kappa shape index (κ2) is 16.5. The van der Waals surface area contributed by atoms with Crippen molar-refractivity contribution in [2.75, 3.05) is 19.8 Å². The zero-order valence-corrected chi connectivity index (χ0v) is 28.0. The molecule has 1 aliphatic carbocycles. The number of benzene rings is 1. The van der Waals surface area contributed by atoms with Crippen molar-refractivity contribution < 1.29 is 48.0 Å². The third-order valence-corrected chi connectivity index (χ3v) is 8.77. The molecule has 0 bridgehead atoms. The van der Waals surface area contributed by atoms with Crippen molar-refractivity contribution in [3.05, 3.63) is 53.1 Å². The molecule has 0 radical (unpaired) electrons. The van der Waals surface area contributed by atoms with Gasteiger partial charge >= 0.3 is 17.9 Å². The third kappa shape index (κ3) is 9.30. The molecular weight excluding hydrogens is 606 g/mol. The molecule has 4 atom stereocenters. The number of esters is 3. The van der Waals surface area contributed by atoms with Gasteiger partial charge in [0.2, 0.25) is 12.0 Å². The van der Waals surface area contributed by atoms with Gasteiger partial charge in [0, 0.05) is 42.9 Å². The van der Waals surface area contributed by atoms with Crippen LogP contribution in [-0.4, -0.2) is 78.9 Å². The molecule has 2 N–H and O–H groups in total. The van der Waals surface area contributed by atoms with E-state index in [0.29, 0.717) is 24.0 Å². The Morgan fingerprint density at radius 1 is 1.02 bits per heavy atom. The fourth-order valence-electron chi connectivity index (χ4n) is 6.16. The molecule has 11 heteroatoms. The minimum absolute atomic E-state index is 0.0889. The number of hydrogen-bond donors (Lipinski definition) is 2. The van der Waals surface area contributed by atoms with Gasteiger partial charge in [-0.05, 0) is 36.6 Å². The lowest BCUT2D eigenvalue weighted by atomic mass is 9.90. The van der Waals surface area contributed by atoms with E-state index < -0.39 is 53.5 Å². The molecular formula is C36H49NO10. The normalized spacial score (nSPS) is 24.4. The zero-order chi connectivity index (χ0) is 34.0. The van der Waals surface area contributed by atoms with Crippen LogP contribution >= 0.6 is 0 Å². The fraction of sp³-hybridized carbons (Fsp3) is 0.611. The van der Waals surface area contributed by atoms with Gasteiger partial charge in [0.25, 0.3) is 0 Å². The third-order valence-electron chi connectivity index (χ3n) is 8.77. The lowest BCUT2D eigenvalue weighted by molar-refractivity contribution is -0.190. The quantitative estimate of drug-likeness (QED) is 0.110. The number of nitrogens with one attached hydrogen (secondary N) is 1. The average molecular weight is 656 g/mol. The van der Waals surface area contributed by atoms with Gasteiger partial charge in [-0.2, -0.15) is 0 Å². The highest BCUT2D eigenvalue weighted by Gasteiger charge is 2.52. The molecule has 2 aliphatic heterocycles. The number of unbranched alkanes of at least 4 members (excludes halogenated alkanes) is 4. The van der Waals surface area contributed by atoms with Gasteiger partial charge in [0.1, 0.15) is 24.9 Å². The molecule has 0 spiro atoms. The first-order valence-electron chi connectivity index (χ1n) is 16.8. The number of ether oxygens (including phenoxy) is 5. The van der Waals surface area contributed by atoms with Crippen molar-refractivity contribution in [2.45, 2.75) is 116 Å². The zero-order valence-electron chi connectivity index (χ0n) is 28.0. The molecule has 4 rings (SSSR count). The summed E-state index contributed by atoms with van der Waals surface area (Å²) in [5.41, 5.74) is 0.343. The summed E-state index contributed by atoms with van der Waals surface area (Å²) in [7, 11) is 0. The summed E-state index contributed by atoms with van der Waals surface area (Å²) in [4.78, 5) is 51.4. The lowest BCUT2D eigenvalue weighted by Gasteiger charge is -2.31. The number of rotatable bonds is 16. The van der Waals surface area contributed by atoms with E-state index in [1.807, 2.05) is 0 Å². The summed E-state index contributed by atoms with van der Waals surface area (Å²) in [5, 5.41) is 11.9. The highest BCUT2D eigenvalue weighted by molar-refractivity contribution is 5.97. The van der Waals surface area contributed by atoms with Crippen molar-refractivity contribution in [2.24, 2.45) is 5.41 Å². The largest absolute Gasteiger partial charge is 0.462 e. The van der Waals surface area contributed by atoms with Gasteiger partial charge in [-0.15, -0.1) is 0 Å². The Labute approximate surface area is 277 Å². The second-order valence-corrected chi connectivity index (χ2v) is 13.1. The van der Waals surface area contributed by atoms with Gasteiger partial charge in [0.15, 0.2) is 5.79 Å². The van der Waals surface area contributed by atoms with Crippen LogP contribution in [0.5, 0.6) is 0 Å². The van der Waals surface area contributed by atoms with Crippen molar-refractivity contribution in [3.63, 3.8) is 0 Å². The van der Waals surface area contributed by atoms with Crippen LogP contribution in [0.2, 0.25) is 0 Å². The first-order valence-corrected chi connectivity index (χ1v) is 16.8. The van der Waals surface area contributed by atoms with Crippen molar-refractivity contribution in [1.29, 1.82) is 0 Å². The maximum Gasteiger partial charge on any atom is 0.348 e. The lowest BCUT2D eigenvalue weighted by Crippen LogP contribution is -2.44. The molecule has 0 aromatic heterocycles. The Kier molecular flexibility index (Phi) is 12.8. The number of aliphatic hydroxyl groups is 1. The smallest absolute Gasteiger partial charge is 0.348 e. The van der Waals surface area contributed by atoms with Gasteiger partial charge in [-0.25, -0.2) is 14.4 Å². The maximum atomic E-state index is 13.7. The van der Waals surface area contributed by atoms with E-state index in [1.165, 1.54) is 6.08 Å². The second-order valence-electron chi connectivity index (χ2n) is 13.1. The van der Waals surface area contributed by atoms with Gasteiger partial charge in [0.05, 0.1) is 12.2 Å². The molecule has 2 saturated heterocycles. The standard InChI is InChI=1S/C36H49NO10/c1-5-7-11-17-36(18-12-8-6-2)46-28-22-25(32(40)37-19-20-38)21-27(30(28)47-36)44-33(41)26-14-10-9-13-24(26)15-16-29(39)45-31-34(42)43-23-35(31,3)4/h9-10,13-16,22,27-28,30-31,38H,5-8,11-12,17-21,23H2,1-4H3,(H,37,40)/t27-,28-,30+,31+/m1/s1. The minimum Gasteiger partial charge on any atom is -0.462 e. The molecule has 11 nitrogen and oxygen atoms in total. The molecule has 2 fully saturated rings. The van der Waals surface area contributed by atoms with Crippen LogP contribution in [0.1, 0.15) is 101 Å². The predicted molar refractivity (Wildman–Crippen MR) is 173 cm³/mol. The molecule has 47 heavy (non-hydrogen) atoms. The van der Waals surface area contributed by atoms with Crippen LogP contribution in [0.3, 0.4) is 0 Å². The van der Waals surface area contributed by atoms with Gasteiger partial charge in [-0.1, -0.05) is 71.6 Å². The Morgan fingerprint density at radius 2 is 1.72 bits per heavy atom. The minimum atomic E-state index is -1.03. The van der Waals surface area contributed by atoms with Gasteiger partial charge in [-0.3, -0.25) is 4.79 Å². The molecule has 3 aliphatic rings. The SMILES string of the molecule is CCCCCC1(CCCCC)O[C@@H]2[C@@H](C=C(C(=O)NCCO)C[C@H]2OC(=O)c2ccccc2C=CC(=O)O[C@H]2C(=O)OCC2(C)C)O1. The first-order chi connectivity index (χ1) is 22.5. The monoisotopic (exact) mass is 655 g/mol. The molecule has 1 aromatic rings. The number of carbonyl (C=O) groups is 4. The van der Waals surface area contributed by atoms with Crippen LogP contribution in [0.25, 0.3) is 6.08 Å². The summed E-state index contributed by atoms with van der Waals surface area (Å²) in [6.45, 7) is 7.86. The summed E-state index contributed by atoms with van der Waals surface area (Å²) < 4.78 is 29.8. The van der Waals surface area contributed by atoms with E-state index in [0.717, 1.165) is 44.6 Å².